The van der Waals surface area contributed by atoms with E-state index in [1.807, 2.05) is 0 Å². The van der Waals surface area contributed by atoms with Crippen LogP contribution < -0.4 is 5.32 Å². The molecule has 0 radical (unpaired) electrons. The van der Waals surface area contributed by atoms with Gasteiger partial charge in [-0.15, -0.1) is 12.4 Å². The molecule has 0 spiro atoms. The molecule has 0 unspecified atom stereocenters. The van der Waals surface area contributed by atoms with E-state index in [-0.39, 0.29) is 18.4 Å². The van der Waals surface area contributed by atoms with Crippen LogP contribution >= 0.6 is 12.4 Å². The highest BCUT2D eigenvalue weighted by atomic mass is 35.5. The van der Waals surface area contributed by atoms with Gasteiger partial charge in [-0.3, -0.25) is 10.1 Å². The van der Waals surface area contributed by atoms with Gasteiger partial charge in [0.1, 0.15) is 0 Å². The zero-order valence-electron chi connectivity index (χ0n) is 9.63. The third-order valence-corrected chi connectivity index (χ3v) is 3.00. The highest BCUT2D eigenvalue weighted by Crippen LogP contribution is 2.38. The SMILES string of the molecule is Cl.O=[N+]([O-])c1cc([C@@H]2CCCCN2)cc(O)c1O. The minimum absolute atomic E-state index is 0. The van der Waals surface area contributed by atoms with Crippen LogP contribution in [0.5, 0.6) is 11.5 Å². The molecule has 0 aliphatic carbocycles. The highest BCUT2D eigenvalue weighted by molar-refractivity contribution is 5.85. The first-order valence-corrected chi connectivity index (χ1v) is 5.53. The van der Waals surface area contributed by atoms with Crippen molar-refractivity contribution in [2.75, 3.05) is 6.54 Å². The molecule has 1 fully saturated rings. The molecule has 18 heavy (non-hydrogen) atoms. The standard InChI is InChI=1S/C11H14N2O4.ClH/c14-10-6-7(8-3-1-2-4-12-8)5-9(11(10)15)13(16)17;/h5-6,8,12,14-15H,1-4H2;1H/t8-;/m0./s1. The number of hydrogen-bond acceptors (Lipinski definition) is 5. The molecule has 1 aromatic carbocycles. The van der Waals surface area contributed by atoms with Gasteiger partial charge in [-0.05, 0) is 31.0 Å². The summed E-state index contributed by atoms with van der Waals surface area (Å²) in [4.78, 5) is 10.0. The van der Waals surface area contributed by atoms with Crippen LogP contribution in [0.3, 0.4) is 0 Å². The number of rotatable bonds is 2. The maximum atomic E-state index is 10.7. The number of halogens is 1. The number of phenols is 2. The number of piperidine rings is 1. The summed E-state index contributed by atoms with van der Waals surface area (Å²) in [5.74, 6) is -1.11. The van der Waals surface area contributed by atoms with E-state index in [0.29, 0.717) is 5.56 Å². The number of nitro benzene ring substituents is 1. The van der Waals surface area contributed by atoms with Crippen molar-refractivity contribution in [3.05, 3.63) is 27.8 Å². The van der Waals surface area contributed by atoms with Crippen LogP contribution in [0.4, 0.5) is 5.69 Å². The Kier molecular flexibility index (Phi) is 4.75. The van der Waals surface area contributed by atoms with Gasteiger partial charge in [-0.2, -0.15) is 0 Å². The fourth-order valence-corrected chi connectivity index (χ4v) is 2.10. The first-order chi connectivity index (χ1) is 8.09. The van der Waals surface area contributed by atoms with E-state index < -0.39 is 22.1 Å². The maximum absolute atomic E-state index is 10.7. The topological polar surface area (TPSA) is 95.6 Å². The zero-order valence-corrected chi connectivity index (χ0v) is 10.4. The monoisotopic (exact) mass is 274 g/mol. The molecular weight excluding hydrogens is 260 g/mol. The van der Waals surface area contributed by atoms with Crippen LogP contribution in [0, 0.1) is 10.1 Å². The second-order valence-electron chi connectivity index (χ2n) is 4.17. The molecule has 1 aromatic rings. The lowest BCUT2D eigenvalue weighted by atomic mass is 9.97. The number of nitro groups is 1. The number of benzene rings is 1. The Labute approximate surface area is 110 Å². The largest absolute Gasteiger partial charge is 0.504 e. The summed E-state index contributed by atoms with van der Waals surface area (Å²) < 4.78 is 0. The number of aromatic hydroxyl groups is 2. The van der Waals surface area contributed by atoms with Crippen LogP contribution in [0.15, 0.2) is 12.1 Å². The van der Waals surface area contributed by atoms with Gasteiger partial charge >= 0.3 is 5.69 Å². The molecular formula is C11H15ClN2O4. The van der Waals surface area contributed by atoms with Crippen molar-refractivity contribution in [2.45, 2.75) is 25.3 Å². The van der Waals surface area contributed by atoms with Crippen molar-refractivity contribution in [1.82, 2.24) is 5.32 Å². The van der Waals surface area contributed by atoms with E-state index >= 15 is 0 Å². The van der Waals surface area contributed by atoms with Crippen LogP contribution in [-0.4, -0.2) is 21.7 Å². The second kappa shape index (κ2) is 5.88. The number of nitrogens with zero attached hydrogens (tertiary/aromatic N) is 1. The molecule has 1 heterocycles. The van der Waals surface area contributed by atoms with Gasteiger partial charge in [-0.1, -0.05) is 6.42 Å². The van der Waals surface area contributed by atoms with E-state index in [4.69, 9.17) is 0 Å². The van der Waals surface area contributed by atoms with Gasteiger partial charge in [0.25, 0.3) is 0 Å². The molecule has 0 aromatic heterocycles. The molecule has 1 aliphatic heterocycles. The minimum Gasteiger partial charge on any atom is -0.504 e. The van der Waals surface area contributed by atoms with E-state index in [0.717, 1.165) is 25.8 Å². The average molecular weight is 275 g/mol. The molecule has 1 atom stereocenters. The maximum Gasteiger partial charge on any atom is 0.314 e. The fraction of sp³-hybridized carbons (Fsp3) is 0.455. The summed E-state index contributed by atoms with van der Waals surface area (Å²) in [6.07, 6.45) is 3.01. The van der Waals surface area contributed by atoms with Gasteiger partial charge in [0.05, 0.1) is 4.92 Å². The van der Waals surface area contributed by atoms with Crippen molar-refractivity contribution >= 4 is 18.1 Å². The average Bonchev–Trinajstić information content (AvgIpc) is 2.33. The number of hydrogen-bond donors (Lipinski definition) is 3. The lowest BCUT2D eigenvalue weighted by Crippen LogP contribution is -2.26. The van der Waals surface area contributed by atoms with Gasteiger partial charge < -0.3 is 15.5 Å². The Morgan fingerprint density at radius 2 is 2.06 bits per heavy atom. The Balaban J connectivity index is 0.00000162. The molecule has 0 amide bonds. The molecule has 3 N–H and O–H groups in total. The fourth-order valence-electron chi connectivity index (χ4n) is 2.10. The van der Waals surface area contributed by atoms with E-state index in [9.17, 15) is 20.3 Å². The summed E-state index contributed by atoms with van der Waals surface area (Å²) in [5, 5.41) is 32.8. The van der Waals surface area contributed by atoms with Gasteiger partial charge in [-0.25, -0.2) is 0 Å². The van der Waals surface area contributed by atoms with Crippen molar-refractivity contribution in [2.24, 2.45) is 0 Å². The van der Waals surface area contributed by atoms with Gasteiger partial charge in [0.15, 0.2) is 5.75 Å². The highest BCUT2D eigenvalue weighted by Gasteiger charge is 2.23. The van der Waals surface area contributed by atoms with Crippen molar-refractivity contribution < 1.29 is 15.1 Å². The summed E-state index contributed by atoms with van der Waals surface area (Å²) >= 11 is 0. The first kappa shape index (κ1) is 14.5. The minimum atomic E-state index is -0.693. The molecule has 1 aliphatic rings. The molecule has 7 heteroatoms. The summed E-state index contributed by atoms with van der Waals surface area (Å²) in [6.45, 7) is 0.861. The van der Waals surface area contributed by atoms with Crippen LogP contribution in [0.2, 0.25) is 0 Å². The van der Waals surface area contributed by atoms with Crippen molar-refractivity contribution in [1.29, 1.82) is 0 Å². The van der Waals surface area contributed by atoms with E-state index in [2.05, 4.69) is 5.32 Å². The molecule has 2 rings (SSSR count). The lowest BCUT2D eigenvalue weighted by molar-refractivity contribution is -0.386. The van der Waals surface area contributed by atoms with Crippen LogP contribution in [-0.2, 0) is 0 Å². The molecule has 1 saturated heterocycles. The van der Waals surface area contributed by atoms with E-state index in [1.165, 1.54) is 12.1 Å². The quantitative estimate of drug-likeness (QED) is 0.437. The smallest absolute Gasteiger partial charge is 0.314 e. The molecule has 0 bridgehead atoms. The van der Waals surface area contributed by atoms with Crippen molar-refractivity contribution in [3.63, 3.8) is 0 Å². The van der Waals surface area contributed by atoms with Gasteiger partial charge in [0.2, 0.25) is 5.75 Å². The molecule has 6 nitrogen and oxygen atoms in total. The lowest BCUT2D eigenvalue weighted by Gasteiger charge is -2.23. The van der Waals surface area contributed by atoms with Gasteiger partial charge in [0, 0.05) is 12.1 Å². The first-order valence-electron chi connectivity index (χ1n) is 5.53. The van der Waals surface area contributed by atoms with Crippen LogP contribution in [0.25, 0.3) is 0 Å². The Morgan fingerprint density at radius 1 is 1.33 bits per heavy atom. The summed E-state index contributed by atoms with van der Waals surface area (Å²) in [7, 11) is 0. The number of nitrogens with one attached hydrogen (secondary N) is 1. The van der Waals surface area contributed by atoms with Crippen molar-refractivity contribution in [3.8, 4) is 11.5 Å². The van der Waals surface area contributed by atoms with Crippen LogP contribution in [0.1, 0.15) is 30.9 Å². The third-order valence-electron chi connectivity index (χ3n) is 3.00. The summed E-state index contributed by atoms with van der Waals surface area (Å²) in [5.41, 5.74) is 0.194. The second-order valence-corrected chi connectivity index (χ2v) is 4.17. The summed E-state index contributed by atoms with van der Waals surface area (Å²) in [6, 6.07) is 2.71. The number of phenolic OH excluding ortho intramolecular Hbond substituents is 2. The van der Waals surface area contributed by atoms with E-state index in [1.54, 1.807) is 0 Å². The normalized spacial score (nSPS) is 19.0. The Hall–Kier alpha value is -1.53. The Bertz CT molecular complexity index is 447. The predicted molar refractivity (Wildman–Crippen MR) is 68.3 cm³/mol. The predicted octanol–water partition coefficient (Wildman–Crippen LogP) is 2.24. The zero-order chi connectivity index (χ0) is 12.4. The molecule has 0 saturated carbocycles. The third kappa shape index (κ3) is 2.83. The molecule has 100 valence electrons. The Morgan fingerprint density at radius 3 is 2.61 bits per heavy atom.